The van der Waals surface area contributed by atoms with Crippen LogP contribution in [0.5, 0.6) is 5.75 Å². The first kappa shape index (κ1) is 22.3. The molecule has 0 spiro atoms. The predicted molar refractivity (Wildman–Crippen MR) is 127 cm³/mol. The number of hydrogen-bond acceptors (Lipinski definition) is 4. The lowest BCUT2D eigenvalue weighted by atomic mass is 10.2. The van der Waals surface area contributed by atoms with Crippen LogP contribution in [0.2, 0.25) is 0 Å². The van der Waals surface area contributed by atoms with Gasteiger partial charge in [0.1, 0.15) is 17.3 Å². The van der Waals surface area contributed by atoms with Crippen molar-refractivity contribution in [1.82, 2.24) is 4.57 Å². The zero-order chi connectivity index (χ0) is 23.6. The SMILES string of the molecule is COc1cc(NC(=O)c2cc3ccccc3n2Cc2ccccc2F)ccc1NS(C)(=O)=O. The topological polar surface area (TPSA) is 89.4 Å². The largest absolute Gasteiger partial charge is 0.494 e. The number of anilines is 2. The molecule has 33 heavy (non-hydrogen) atoms. The van der Waals surface area contributed by atoms with Gasteiger partial charge in [-0.25, -0.2) is 12.8 Å². The van der Waals surface area contributed by atoms with E-state index in [1.807, 2.05) is 24.3 Å². The van der Waals surface area contributed by atoms with Crippen LogP contribution >= 0.6 is 0 Å². The first-order valence-electron chi connectivity index (χ1n) is 10.0. The van der Waals surface area contributed by atoms with E-state index < -0.39 is 15.9 Å². The van der Waals surface area contributed by atoms with E-state index >= 15 is 0 Å². The van der Waals surface area contributed by atoms with E-state index in [0.717, 1.165) is 17.2 Å². The van der Waals surface area contributed by atoms with Crippen LogP contribution in [0.25, 0.3) is 10.9 Å². The van der Waals surface area contributed by atoms with Gasteiger partial charge in [-0.2, -0.15) is 0 Å². The number of aromatic nitrogens is 1. The van der Waals surface area contributed by atoms with E-state index in [0.29, 0.717) is 16.9 Å². The van der Waals surface area contributed by atoms with Gasteiger partial charge in [-0.15, -0.1) is 0 Å². The Bertz CT molecular complexity index is 1450. The highest BCUT2D eigenvalue weighted by Crippen LogP contribution is 2.29. The molecule has 1 amide bonds. The number of carbonyl (C=O) groups is 1. The molecule has 1 aromatic heterocycles. The summed E-state index contributed by atoms with van der Waals surface area (Å²) in [5, 5.41) is 3.67. The van der Waals surface area contributed by atoms with Crippen molar-refractivity contribution in [1.29, 1.82) is 0 Å². The molecule has 0 atom stereocenters. The van der Waals surface area contributed by atoms with Crippen LogP contribution in [0.4, 0.5) is 15.8 Å². The Hall–Kier alpha value is -3.85. The van der Waals surface area contributed by atoms with Crippen LogP contribution in [-0.4, -0.2) is 32.3 Å². The van der Waals surface area contributed by atoms with Crippen LogP contribution in [0, 0.1) is 5.82 Å². The Morgan fingerprint density at radius 3 is 2.48 bits per heavy atom. The second-order valence-corrected chi connectivity index (χ2v) is 9.26. The maximum Gasteiger partial charge on any atom is 0.272 e. The predicted octanol–water partition coefficient (Wildman–Crippen LogP) is 4.46. The Kier molecular flexibility index (Phi) is 6.06. The standard InChI is InChI=1S/C24H22FN3O4S/c1-32-23-14-18(11-12-20(23)27-33(2,30)31)26-24(29)22-13-16-7-4-6-10-21(16)28(22)15-17-8-3-5-9-19(17)25/h3-14,27H,15H2,1-2H3,(H,26,29). The molecule has 4 aromatic rings. The molecule has 0 saturated heterocycles. The molecule has 0 bridgehead atoms. The van der Waals surface area contributed by atoms with Crippen molar-refractivity contribution >= 4 is 38.2 Å². The fourth-order valence-electron chi connectivity index (χ4n) is 3.61. The third kappa shape index (κ3) is 4.98. The van der Waals surface area contributed by atoms with Crippen molar-refractivity contribution < 1.29 is 22.3 Å². The second-order valence-electron chi connectivity index (χ2n) is 7.51. The van der Waals surface area contributed by atoms with E-state index in [4.69, 9.17) is 4.74 Å². The molecule has 0 aliphatic rings. The van der Waals surface area contributed by atoms with Gasteiger partial charge in [0, 0.05) is 28.2 Å². The van der Waals surface area contributed by atoms with Crippen LogP contribution in [0.1, 0.15) is 16.1 Å². The zero-order valence-electron chi connectivity index (χ0n) is 18.0. The van der Waals surface area contributed by atoms with Gasteiger partial charge in [-0.05, 0) is 30.3 Å². The van der Waals surface area contributed by atoms with Gasteiger partial charge in [0.05, 0.1) is 25.6 Å². The molecule has 3 aromatic carbocycles. The number of methoxy groups -OCH3 is 1. The van der Waals surface area contributed by atoms with Gasteiger partial charge < -0.3 is 14.6 Å². The number of rotatable bonds is 7. The maximum atomic E-state index is 14.3. The Morgan fingerprint density at radius 2 is 1.76 bits per heavy atom. The summed E-state index contributed by atoms with van der Waals surface area (Å²) in [6.07, 6.45) is 1.04. The Balaban J connectivity index is 1.68. The van der Waals surface area contributed by atoms with E-state index in [1.165, 1.54) is 25.3 Å². The third-order valence-electron chi connectivity index (χ3n) is 5.08. The van der Waals surface area contributed by atoms with Crippen LogP contribution < -0.4 is 14.8 Å². The monoisotopic (exact) mass is 467 g/mol. The van der Waals surface area contributed by atoms with Gasteiger partial charge in [0.25, 0.3) is 5.91 Å². The van der Waals surface area contributed by atoms with E-state index in [-0.39, 0.29) is 23.8 Å². The molecule has 0 fully saturated rings. The highest BCUT2D eigenvalue weighted by molar-refractivity contribution is 7.92. The van der Waals surface area contributed by atoms with Crippen LogP contribution in [0.15, 0.2) is 72.8 Å². The zero-order valence-corrected chi connectivity index (χ0v) is 18.8. The number of fused-ring (bicyclic) bond motifs is 1. The summed E-state index contributed by atoms with van der Waals surface area (Å²) in [6, 6.07) is 20.3. The van der Waals surface area contributed by atoms with Gasteiger partial charge in [-0.3, -0.25) is 9.52 Å². The average Bonchev–Trinajstić information content (AvgIpc) is 3.14. The number of amides is 1. The van der Waals surface area contributed by atoms with Crippen molar-refractivity contribution in [3.63, 3.8) is 0 Å². The quantitative estimate of drug-likeness (QED) is 0.420. The lowest BCUT2D eigenvalue weighted by molar-refractivity contribution is 0.101. The fraction of sp³-hybridized carbons (Fsp3) is 0.125. The number of halogens is 1. The molecule has 0 aliphatic heterocycles. The second kappa shape index (κ2) is 8.95. The molecule has 7 nitrogen and oxygen atoms in total. The molecule has 0 radical (unpaired) electrons. The fourth-order valence-corrected chi connectivity index (χ4v) is 4.18. The lowest BCUT2D eigenvalue weighted by Gasteiger charge is -2.14. The lowest BCUT2D eigenvalue weighted by Crippen LogP contribution is -2.18. The molecule has 0 unspecified atom stereocenters. The maximum absolute atomic E-state index is 14.3. The normalized spacial score (nSPS) is 11.4. The van der Waals surface area contributed by atoms with E-state index in [1.54, 1.807) is 34.9 Å². The molecule has 0 aliphatic carbocycles. The molecule has 4 rings (SSSR count). The minimum Gasteiger partial charge on any atom is -0.494 e. The van der Waals surface area contributed by atoms with Crippen molar-refractivity contribution in [2.75, 3.05) is 23.4 Å². The number of benzene rings is 3. The smallest absolute Gasteiger partial charge is 0.272 e. The first-order valence-corrected chi connectivity index (χ1v) is 11.9. The number of hydrogen-bond donors (Lipinski definition) is 2. The molecule has 2 N–H and O–H groups in total. The third-order valence-corrected chi connectivity index (χ3v) is 5.67. The summed E-state index contributed by atoms with van der Waals surface area (Å²) in [5.41, 5.74) is 2.30. The summed E-state index contributed by atoms with van der Waals surface area (Å²) in [5.74, 6) is -0.487. The van der Waals surface area contributed by atoms with Crippen molar-refractivity contribution in [3.05, 3.63) is 89.9 Å². The minimum atomic E-state index is -3.49. The number of nitrogens with one attached hydrogen (secondary N) is 2. The number of sulfonamides is 1. The summed E-state index contributed by atoms with van der Waals surface area (Å²) >= 11 is 0. The Morgan fingerprint density at radius 1 is 1.03 bits per heavy atom. The number of nitrogens with zero attached hydrogens (tertiary/aromatic N) is 1. The summed E-state index contributed by atoms with van der Waals surface area (Å²) in [7, 11) is -2.09. The summed E-state index contributed by atoms with van der Waals surface area (Å²) in [6.45, 7) is 0.184. The van der Waals surface area contributed by atoms with E-state index in [9.17, 15) is 17.6 Å². The van der Waals surface area contributed by atoms with Crippen LogP contribution in [-0.2, 0) is 16.6 Å². The van der Waals surface area contributed by atoms with Crippen molar-refractivity contribution in [3.8, 4) is 5.75 Å². The molecule has 170 valence electrons. The molecule has 9 heteroatoms. The average molecular weight is 468 g/mol. The summed E-state index contributed by atoms with van der Waals surface area (Å²) in [4.78, 5) is 13.2. The van der Waals surface area contributed by atoms with Gasteiger partial charge in [0.2, 0.25) is 10.0 Å². The minimum absolute atomic E-state index is 0.184. The first-order chi connectivity index (χ1) is 15.7. The number of ether oxygens (including phenoxy) is 1. The highest BCUT2D eigenvalue weighted by atomic mass is 32.2. The van der Waals surface area contributed by atoms with Gasteiger partial charge in [0.15, 0.2) is 0 Å². The number of carbonyl (C=O) groups excluding carboxylic acids is 1. The Labute approximate surface area is 190 Å². The number of para-hydroxylation sites is 1. The molecular formula is C24H22FN3O4S. The molecule has 1 heterocycles. The summed E-state index contributed by atoms with van der Waals surface area (Å²) < 4.78 is 46.8. The van der Waals surface area contributed by atoms with Crippen molar-refractivity contribution in [2.24, 2.45) is 0 Å². The molecule has 0 saturated carbocycles. The van der Waals surface area contributed by atoms with E-state index in [2.05, 4.69) is 10.0 Å². The van der Waals surface area contributed by atoms with Gasteiger partial charge >= 0.3 is 0 Å². The van der Waals surface area contributed by atoms with Crippen molar-refractivity contribution in [2.45, 2.75) is 6.54 Å². The molecular weight excluding hydrogens is 445 g/mol. The van der Waals surface area contributed by atoms with Crippen LogP contribution in [0.3, 0.4) is 0 Å². The highest BCUT2D eigenvalue weighted by Gasteiger charge is 2.18. The van der Waals surface area contributed by atoms with Gasteiger partial charge in [-0.1, -0.05) is 36.4 Å².